The number of halogens is 3. The predicted octanol–water partition coefficient (Wildman–Crippen LogP) is 3.47. The number of hydrogen-bond acceptors (Lipinski definition) is 2. The third kappa shape index (κ3) is 3.56. The molecule has 0 bridgehead atoms. The summed E-state index contributed by atoms with van der Waals surface area (Å²) in [5, 5.41) is 3.48. The van der Waals surface area contributed by atoms with E-state index in [0.717, 1.165) is 18.7 Å². The van der Waals surface area contributed by atoms with E-state index in [1.165, 1.54) is 18.2 Å². The molecule has 0 aromatic heterocycles. The van der Waals surface area contributed by atoms with E-state index >= 15 is 0 Å². The second kappa shape index (κ2) is 5.53. The first kappa shape index (κ1) is 12.5. The Morgan fingerprint density at radius 3 is 2.62 bits per heavy atom. The normalized spacial score (nSPS) is 12.0. The van der Waals surface area contributed by atoms with Crippen LogP contribution in [0.1, 0.15) is 24.5 Å². The molecule has 0 atom stereocenters. The van der Waals surface area contributed by atoms with Gasteiger partial charge in [-0.3, -0.25) is 0 Å². The standard InChI is InChI=1S/C11H12F3NO/c1-2-7-16-15-8-9-5-3-4-6-10(9)11(12,13)14/h3-6,8H,2,7H2,1H3. The van der Waals surface area contributed by atoms with Crippen molar-refractivity contribution in [3.8, 4) is 0 Å². The number of oxime groups is 1. The van der Waals surface area contributed by atoms with Gasteiger partial charge in [-0.05, 0) is 12.5 Å². The quantitative estimate of drug-likeness (QED) is 0.441. The highest BCUT2D eigenvalue weighted by Crippen LogP contribution is 2.30. The van der Waals surface area contributed by atoms with Crippen LogP contribution in [0.15, 0.2) is 29.4 Å². The fourth-order valence-electron chi connectivity index (χ4n) is 1.11. The van der Waals surface area contributed by atoms with Crippen LogP contribution >= 0.6 is 0 Å². The summed E-state index contributed by atoms with van der Waals surface area (Å²) in [6.45, 7) is 2.28. The molecule has 0 radical (unpaired) electrons. The van der Waals surface area contributed by atoms with Crippen molar-refractivity contribution in [3.63, 3.8) is 0 Å². The lowest BCUT2D eigenvalue weighted by Gasteiger charge is -2.08. The van der Waals surface area contributed by atoms with E-state index in [1.807, 2.05) is 6.92 Å². The summed E-state index contributed by atoms with van der Waals surface area (Å²) < 4.78 is 37.6. The second-order valence-electron chi connectivity index (χ2n) is 3.15. The Morgan fingerprint density at radius 1 is 1.31 bits per heavy atom. The Balaban J connectivity index is 2.83. The molecule has 0 aliphatic heterocycles. The van der Waals surface area contributed by atoms with E-state index in [2.05, 4.69) is 5.16 Å². The van der Waals surface area contributed by atoms with Gasteiger partial charge in [-0.2, -0.15) is 13.2 Å². The largest absolute Gasteiger partial charge is 0.417 e. The van der Waals surface area contributed by atoms with Crippen molar-refractivity contribution in [2.24, 2.45) is 5.16 Å². The van der Waals surface area contributed by atoms with Gasteiger partial charge in [0.25, 0.3) is 0 Å². The summed E-state index contributed by atoms with van der Waals surface area (Å²) >= 11 is 0. The molecule has 0 amide bonds. The molecule has 0 saturated heterocycles. The maximum absolute atomic E-state index is 12.5. The molecule has 16 heavy (non-hydrogen) atoms. The average Bonchev–Trinajstić information content (AvgIpc) is 2.24. The molecule has 2 nitrogen and oxygen atoms in total. The molecule has 88 valence electrons. The summed E-state index contributed by atoms with van der Waals surface area (Å²) in [6.07, 6.45) is -2.52. The molecule has 5 heteroatoms. The Hall–Kier alpha value is -1.52. The van der Waals surface area contributed by atoms with E-state index in [4.69, 9.17) is 4.84 Å². The third-order valence-corrected chi connectivity index (χ3v) is 1.83. The highest BCUT2D eigenvalue weighted by molar-refractivity contribution is 5.81. The lowest BCUT2D eigenvalue weighted by molar-refractivity contribution is -0.137. The Bertz CT molecular complexity index is 360. The predicted molar refractivity (Wildman–Crippen MR) is 55.3 cm³/mol. The van der Waals surface area contributed by atoms with Gasteiger partial charge in [-0.25, -0.2) is 0 Å². The van der Waals surface area contributed by atoms with Gasteiger partial charge in [0, 0.05) is 5.56 Å². The third-order valence-electron chi connectivity index (χ3n) is 1.83. The Kier molecular flexibility index (Phi) is 4.34. The number of benzene rings is 1. The van der Waals surface area contributed by atoms with Gasteiger partial charge in [-0.1, -0.05) is 30.3 Å². The second-order valence-corrected chi connectivity index (χ2v) is 3.15. The summed E-state index contributed by atoms with van der Waals surface area (Å²) in [4.78, 5) is 4.76. The number of alkyl halides is 3. The molecule has 0 N–H and O–H groups in total. The van der Waals surface area contributed by atoms with Crippen LogP contribution in [0.2, 0.25) is 0 Å². The van der Waals surface area contributed by atoms with Gasteiger partial charge in [-0.15, -0.1) is 0 Å². The van der Waals surface area contributed by atoms with E-state index < -0.39 is 11.7 Å². The molecule has 0 aliphatic rings. The molecular formula is C11H12F3NO. The van der Waals surface area contributed by atoms with Crippen molar-refractivity contribution in [2.45, 2.75) is 19.5 Å². The maximum Gasteiger partial charge on any atom is 0.417 e. The lowest BCUT2D eigenvalue weighted by atomic mass is 10.1. The zero-order valence-corrected chi connectivity index (χ0v) is 8.79. The first-order chi connectivity index (χ1) is 7.55. The van der Waals surface area contributed by atoms with Gasteiger partial charge in [0.15, 0.2) is 0 Å². The lowest BCUT2D eigenvalue weighted by Crippen LogP contribution is -2.08. The smallest absolute Gasteiger partial charge is 0.396 e. The SMILES string of the molecule is CCCON=Cc1ccccc1C(F)(F)F. The van der Waals surface area contributed by atoms with Crippen LogP contribution in [0.3, 0.4) is 0 Å². The molecule has 0 heterocycles. The van der Waals surface area contributed by atoms with Gasteiger partial charge in [0.05, 0.1) is 11.8 Å². The summed E-state index contributed by atoms with van der Waals surface area (Å²) in [7, 11) is 0. The van der Waals surface area contributed by atoms with Crippen molar-refractivity contribution >= 4 is 6.21 Å². The van der Waals surface area contributed by atoms with Gasteiger partial charge >= 0.3 is 6.18 Å². The van der Waals surface area contributed by atoms with Crippen LogP contribution in [0.25, 0.3) is 0 Å². The highest BCUT2D eigenvalue weighted by atomic mass is 19.4. The molecule has 0 spiro atoms. The van der Waals surface area contributed by atoms with Crippen LogP contribution in [0.4, 0.5) is 13.2 Å². The zero-order chi connectivity index (χ0) is 12.0. The maximum atomic E-state index is 12.5. The molecule has 0 aliphatic carbocycles. The fourth-order valence-corrected chi connectivity index (χ4v) is 1.11. The van der Waals surface area contributed by atoms with Crippen molar-refractivity contribution in [3.05, 3.63) is 35.4 Å². The Morgan fingerprint density at radius 2 is 2.00 bits per heavy atom. The summed E-state index contributed by atoms with van der Waals surface area (Å²) in [5.74, 6) is 0. The topological polar surface area (TPSA) is 21.6 Å². The summed E-state index contributed by atoms with van der Waals surface area (Å²) in [5.41, 5.74) is -0.704. The van der Waals surface area contributed by atoms with Crippen LogP contribution < -0.4 is 0 Å². The number of nitrogens with zero attached hydrogens (tertiary/aromatic N) is 1. The Labute approximate surface area is 91.7 Å². The highest BCUT2D eigenvalue weighted by Gasteiger charge is 2.32. The van der Waals surface area contributed by atoms with E-state index in [-0.39, 0.29) is 5.56 Å². The van der Waals surface area contributed by atoms with Crippen LogP contribution in [-0.2, 0) is 11.0 Å². The molecular weight excluding hydrogens is 219 g/mol. The molecule has 1 rings (SSSR count). The van der Waals surface area contributed by atoms with Crippen LogP contribution in [0, 0.1) is 0 Å². The van der Waals surface area contributed by atoms with Crippen LogP contribution in [-0.4, -0.2) is 12.8 Å². The fraction of sp³-hybridized carbons (Fsp3) is 0.364. The van der Waals surface area contributed by atoms with Crippen LogP contribution in [0.5, 0.6) is 0 Å². The first-order valence-electron chi connectivity index (χ1n) is 4.87. The minimum atomic E-state index is -4.37. The van der Waals surface area contributed by atoms with E-state index in [9.17, 15) is 13.2 Å². The number of rotatable bonds is 4. The van der Waals surface area contributed by atoms with Crippen molar-refractivity contribution in [1.82, 2.24) is 0 Å². The zero-order valence-electron chi connectivity index (χ0n) is 8.79. The van der Waals surface area contributed by atoms with E-state index in [0.29, 0.717) is 6.61 Å². The number of hydrogen-bond donors (Lipinski definition) is 0. The monoisotopic (exact) mass is 231 g/mol. The van der Waals surface area contributed by atoms with Crippen molar-refractivity contribution in [2.75, 3.05) is 6.61 Å². The average molecular weight is 231 g/mol. The summed E-state index contributed by atoms with van der Waals surface area (Å²) in [6, 6.07) is 5.23. The molecule has 0 saturated carbocycles. The molecule has 1 aromatic rings. The van der Waals surface area contributed by atoms with Crippen molar-refractivity contribution in [1.29, 1.82) is 0 Å². The van der Waals surface area contributed by atoms with Gasteiger partial charge in [0.1, 0.15) is 6.61 Å². The van der Waals surface area contributed by atoms with Gasteiger partial charge < -0.3 is 4.84 Å². The minimum absolute atomic E-state index is 0.00565. The minimum Gasteiger partial charge on any atom is -0.396 e. The molecule has 1 aromatic carbocycles. The van der Waals surface area contributed by atoms with Gasteiger partial charge in [0.2, 0.25) is 0 Å². The molecule has 0 fully saturated rings. The first-order valence-corrected chi connectivity index (χ1v) is 4.87. The van der Waals surface area contributed by atoms with E-state index in [1.54, 1.807) is 0 Å². The molecule has 0 unspecified atom stereocenters. The van der Waals surface area contributed by atoms with Crippen molar-refractivity contribution < 1.29 is 18.0 Å².